The highest BCUT2D eigenvalue weighted by atomic mass is 16.8. The molecule has 0 spiro atoms. The van der Waals surface area contributed by atoms with Crippen LogP contribution in [-0.4, -0.2) is 69.5 Å². The fourth-order valence-electron chi connectivity index (χ4n) is 3.89. The Morgan fingerprint density at radius 3 is 2.50 bits per heavy atom. The molecule has 0 aliphatic carbocycles. The molecule has 0 amide bonds. The van der Waals surface area contributed by atoms with Crippen molar-refractivity contribution in [1.29, 1.82) is 0 Å². The summed E-state index contributed by atoms with van der Waals surface area (Å²) in [4.78, 5) is 34.6. The van der Waals surface area contributed by atoms with Crippen molar-refractivity contribution in [3.63, 3.8) is 0 Å². The molecule has 3 heterocycles. The van der Waals surface area contributed by atoms with Crippen molar-refractivity contribution in [1.82, 2.24) is 10.2 Å². The van der Waals surface area contributed by atoms with Crippen molar-refractivity contribution in [2.75, 3.05) is 13.2 Å². The number of non-ortho nitro benzene ring substituents is 1. The molecular weight excluding hydrogens is 454 g/mol. The van der Waals surface area contributed by atoms with Gasteiger partial charge in [-0.15, -0.1) is 0 Å². The summed E-state index contributed by atoms with van der Waals surface area (Å²) in [5, 5.41) is 27.8. The number of fused-ring (bicyclic) bond motifs is 1. The van der Waals surface area contributed by atoms with E-state index in [4.69, 9.17) is 23.7 Å². The summed E-state index contributed by atoms with van der Waals surface area (Å²) < 4.78 is 28.1. The normalized spacial score (nSPS) is 25.0. The number of carbonyl (C=O) groups excluding carboxylic acids is 2. The molecule has 2 saturated heterocycles. The molecule has 2 fully saturated rings. The molecule has 1 aromatic carbocycles. The third kappa shape index (κ3) is 4.44. The van der Waals surface area contributed by atoms with E-state index in [0.717, 1.165) is 0 Å². The predicted molar refractivity (Wildman–Crippen MR) is 111 cm³/mol. The minimum Gasteiger partial charge on any atom is -0.504 e. The molecule has 34 heavy (non-hydrogen) atoms. The molecule has 2 N–H and O–H groups in total. The van der Waals surface area contributed by atoms with Crippen molar-refractivity contribution < 1.29 is 43.3 Å². The number of aromatic nitrogens is 2. The molecule has 0 bridgehead atoms. The van der Waals surface area contributed by atoms with E-state index in [1.54, 1.807) is 20.8 Å². The first kappa shape index (κ1) is 23.6. The van der Waals surface area contributed by atoms with E-state index in [2.05, 4.69) is 10.2 Å². The maximum atomic E-state index is 12.4. The van der Waals surface area contributed by atoms with Crippen LogP contribution in [0.1, 0.15) is 53.4 Å². The lowest BCUT2D eigenvalue weighted by Gasteiger charge is -2.23. The van der Waals surface area contributed by atoms with Crippen LogP contribution in [0.4, 0.5) is 5.69 Å². The van der Waals surface area contributed by atoms with Crippen LogP contribution >= 0.6 is 0 Å². The first-order valence-corrected chi connectivity index (χ1v) is 10.5. The van der Waals surface area contributed by atoms with E-state index in [-0.39, 0.29) is 35.9 Å². The van der Waals surface area contributed by atoms with Gasteiger partial charge in [-0.2, -0.15) is 5.10 Å². The number of H-pyrrole nitrogens is 1. The van der Waals surface area contributed by atoms with Crippen LogP contribution in [0.2, 0.25) is 0 Å². The zero-order chi connectivity index (χ0) is 24.6. The maximum absolute atomic E-state index is 12.4. The summed E-state index contributed by atoms with van der Waals surface area (Å²) in [6.07, 6.45) is -3.07. The van der Waals surface area contributed by atoms with Crippen LogP contribution in [0.25, 0.3) is 0 Å². The fraction of sp³-hybridized carbons (Fsp3) is 0.476. The van der Waals surface area contributed by atoms with E-state index in [0.29, 0.717) is 0 Å². The molecule has 0 unspecified atom stereocenters. The molecular formula is C21H23N3O10. The Labute approximate surface area is 193 Å². The lowest BCUT2D eigenvalue weighted by Crippen LogP contribution is -2.33. The Balaban J connectivity index is 1.49. The first-order valence-electron chi connectivity index (χ1n) is 10.5. The number of rotatable bonds is 7. The monoisotopic (exact) mass is 477 g/mol. The van der Waals surface area contributed by atoms with E-state index < -0.39 is 52.8 Å². The number of nitrogens with zero attached hydrogens (tertiary/aromatic N) is 2. The van der Waals surface area contributed by atoms with Gasteiger partial charge in [0.05, 0.1) is 17.1 Å². The number of carbonyl (C=O) groups is 2. The zero-order valence-corrected chi connectivity index (χ0v) is 18.5. The number of nitro groups is 1. The van der Waals surface area contributed by atoms with E-state index >= 15 is 0 Å². The zero-order valence-electron chi connectivity index (χ0n) is 18.5. The molecule has 0 saturated carbocycles. The minimum absolute atomic E-state index is 0.0311. The highest BCUT2D eigenvalue weighted by Crippen LogP contribution is 2.47. The number of ether oxygens (including phenoxy) is 5. The number of aromatic hydroxyl groups is 1. The van der Waals surface area contributed by atoms with Gasteiger partial charge in [0.2, 0.25) is 0 Å². The summed E-state index contributed by atoms with van der Waals surface area (Å²) in [6.45, 7) is 4.94. The summed E-state index contributed by atoms with van der Waals surface area (Å²) in [5.41, 5.74) is -0.211. The van der Waals surface area contributed by atoms with Gasteiger partial charge in [-0.05, 0) is 32.9 Å². The van der Waals surface area contributed by atoms with Gasteiger partial charge in [-0.1, -0.05) is 0 Å². The molecule has 1 aromatic heterocycles. The number of esters is 2. The SMILES string of the molecule is CCOC(=O)c1[nH]nc([C@H]2O[C@H](COC(=O)c3ccc([N+](=O)[O-])cc3)[C@H]3OC(C)(C)O[C@H]32)c1O. The van der Waals surface area contributed by atoms with Crippen LogP contribution in [0.3, 0.4) is 0 Å². The van der Waals surface area contributed by atoms with Gasteiger partial charge in [0, 0.05) is 12.1 Å². The number of aromatic amines is 1. The molecule has 2 aliphatic rings. The quantitative estimate of drug-likeness (QED) is 0.339. The third-order valence-corrected chi connectivity index (χ3v) is 5.36. The van der Waals surface area contributed by atoms with Gasteiger partial charge < -0.3 is 28.8 Å². The number of hydrogen-bond donors (Lipinski definition) is 2. The molecule has 13 heteroatoms. The minimum atomic E-state index is -0.978. The Morgan fingerprint density at radius 2 is 1.85 bits per heavy atom. The lowest BCUT2D eigenvalue weighted by atomic mass is 10.1. The number of nitrogens with one attached hydrogen (secondary N) is 1. The van der Waals surface area contributed by atoms with Gasteiger partial charge in [0.1, 0.15) is 36.7 Å². The average Bonchev–Trinajstić information content (AvgIpc) is 3.42. The summed E-state index contributed by atoms with van der Waals surface area (Å²) in [5.74, 6) is -2.89. The van der Waals surface area contributed by atoms with Crippen LogP contribution in [0, 0.1) is 10.1 Å². The van der Waals surface area contributed by atoms with Gasteiger partial charge in [0.15, 0.2) is 17.2 Å². The lowest BCUT2D eigenvalue weighted by molar-refractivity contribution is -0.384. The van der Waals surface area contributed by atoms with Gasteiger partial charge in [-0.25, -0.2) is 9.59 Å². The van der Waals surface area contributed by atoms with Crippen molar-refractivity contribution in [3.8, 4) is 5.75 Å². The Bertz CT molecular complexity index is 1100. The standard InChI is InChI=1S/C21H23N3O10/c1-4-30-20(27)14-15(25)13(22-23-14)17-18-16(33-21(2,3)34-18)12(32-17)9-31-19(26)10-5-7-11(8-6-10)24(28)29/h5-8,12,16-18,25H,4,9H2,1-3H3,(H,22,23)/t12-,16-,17-,18-/m1/s1. The van der Waals surface area contributed by atoms with Gasteiger partial charge >= 0.3 is 11.9 Å². The van der Waals surface area contributed by atoms with Crippen LogP contribution < -0.4 is 0 Å². The van der Waals surface area contributed by atoms with E-state index in [1.807, 2.05) is 0 Å². The highest BCUT2D eigenvalue weighted by molar-refractivity contribution is 5.90. The fourth-order valence-corrected chi connectivity index (χ4v) is 3.89. The van der Waals surface area contributed by atoms with E-state index in [1.165, 1.54) is 24.3 Å². The topological polar surface area (TPSA) is 172 Å². The predicted octanol–water partition coefficient (Wildman–Crippen LogP) is 2.02. The van der Waals surface area contributed by atoms with Crippen molar-refractivity contribution in [2.24, 2.45) is 0 Å². The maximum Gasteiger partial charge on any atom is 0.360 e. The molecule has 13 nitrogen and oxygen atoms in total. The Kier molecular flexibility index (Phi) is 6.25. The molecule has 182 valence electrons. The largest absolute Gasteiger partial charge is 0.504 e. The Hall–Kier alpha value is -3.55. The van der Waals surface area contributed by atoms with Crippen LogP contribution in [-0.2, 0) is 23.7 Å². The summed E-state index contributed by atoms with van der Waals surface area (Å²) in [7, 11) is 0. The van der Waals surface area contributed by atoms with E-state index in [9.17, 15) is 24.8 Å². The molecule has 2 aliphatic heterocycles. The van der Waals surface area contributed by atoms with Crippen LogP contribution in [0.5, 0.6) is 5.75 Å². The molecule has 4 atom stereocenters. The van der Waals surface area contributed by atoms with Crippen LogP contribution in [0.15, 0.2) is 24.3 Å². The second-order valence-corrected chi connectivity index (χ2v) is 8.12. The average molecular weight is 477 g/mol. The number of nitro benzene ring substituents is 1. The van der Waals surface area contributed by atoms with Crippen molar-refractivity contribution >= 4 is 17.6 Å². The summed E-state index contributed by atoms with van der Waals surface area (Å²) >= 11 is 0. The molecule has 0 radical (unpaired) electrons. The molecule has 2 aromatic rings. The van der Waals surface area contributed by atoms with Gasteiger partial charge in [-0.3, -0.25) is 15.2 Å². The third-order valence-electron chi connectivity index (χ3n) is 5.36. The first-order chi connectivity index (χ1) is 16.1. The number of hydrogen-bond acceptors (Lipinski definition) is 11. The van der Waals surface area contributed by atoms with Gasteiger partial charge in [0.25, 0.3) is 5.69 Å². The summed E-state index contributed by atoms with van der Waals surface area (Å²) in [6, 6.07) is 4.98. The smallest absolute Gasteiger partial charge is 0.360 e. The highest BCUT2D eigenvalue weighted by Gasteiger charge is 2.57. The van der Waals surface area contributed by atoms with Crippen molar-refractivity contribution in [2.45, 2.75) is 51.0 Å². The Morgan fingerprint density at radius 1 is 1.18 bits per heavy atom. The van der Waals surface area contributed by atoms with Crippen molar-refractivity contribution in [3.05, 3.63) is 51.3 Å². The molecule has 4 rings (SSSR count). The second kappa shape index (κ2) is 9.00. The number of benzene rings is 1. The second-order valence-electron chi connectivity index (χ2n) is 8.12.